The Morgan fingerprint density at radius 1 is 1.35 bits per heavy atom. The van der Waals surface area contributed by atoms with Gasteiger partial charge in [-0.25, -0.2) is 0 Å². The third-order valence-electron chi connectivity index (χ3n) is 2.90. The smallest absolute Gasteiger partial charge is 0.122 e. The first-order valence-electron chi connectivity index (χ1n) is 6.18. The van der Waals surface area contributed by atoms with Crippen LogP contribution in [0.25, 0.3) is 0 Å². The van der Waals surface area contributed by atoms with Crippen LogP contribution in [0.3, 0.4) is 0 Å². The molecule has 17 heavy (non-hydrogen) atoms. The van der Waals surface area contributed by atoms with Crippen LogP contribution < -0.4 is 10.1 Å². The predicted molar refractivity (Wildman–Crippen MR) is 70.6 cm³/mol. The Balaban J connectivity index is 2.25. The normalized spacial score (nSPS) is 12.5. The van der Waals surface area contributed by atoms with Crippen LogP contribution in [0.15, 0.2) is 18.2 Å². The lowest BCUT2D eigenvalue weighted by molar-refractivity contribution is 0.245. The van der Waals surface area contributed by atoms with E-state index in [0.29, 0.717) is 6.61 Å². The zero-order valence-electron chi connectivity index (χ0n) is 11.0. The van der Waals surface area contributed by atoms with Gasteiger partial charge in [0, 0.05) is 6.04 Å². The third-order valence-corrected chi connectivity index (χ3v) is 2.90. The molecule has 0 aliphatic rings. The fourth-order valence-corrected chi connectivity index (χ4v) is 1.55. The molecule has 0 aliphatic heterocycles. The second-order valence-electron chi connectivity index (χ2n) is 4.44. The molecule has 1 unspecified atom stereocenters. The van der Waals surface area contributed by atoms with Gasteiger partial charge in [-0.1, -0.05) is 12.1 Å². The zero-order chi connectivity index (χ0) is 12.7. The topological polar surface area (TPSA) is 41.5 Å². The fraction of sp³-hybridized carbons (Fsp3) is 0.571. The van der Waals surface area contributed by atoms with Crippen LogP contribution in [-0.4, -0.2) is 30.9 Å². The van der Waals surface area contributed by atoms with Crippen molar-refractivity contribution in [2.24, 2.45) is 0 Å². The minimum atomic E-state index is 0.163. The summed E-state index contributed by atoms with van der Waals surface area (Å²) in [6, 6.07) is 6.28. The van der Waals surface area contributed by atoms with E-state index in [-0.39, 0.29) is 12.6 Å². The van der Waals surface area contributed by atoms with Crippen LogP contribution in [-0.2, 0) is 0 Å². The summed E-state index contributed by atoms with van der Waals surface area (Å²) in [6.07, 6.45) is 0.942. The molecule has 0 radical (unpaired) electrons. The van der Waals surface area contributed by atoms with Gasteiger partial charge in [0.1, 0.15) is 5.75 Å². The Kier molecular flexibility index (Phi) is 6.01. The molecular formula is C14H23NO2. The molecule has 0 bridgehead atoms. The molecule has 0 saturated carbocycles. The van der Waals surface area contributed by atoms with E-state index in [1.54, 1.807) is 0 Å². The highest BCUT2D eigenvalue weighted by Crippen LogP contribution is 2.20. The standard InChI is InChI=1S/C14H23NO2/c1-11-6-4-7-14(13(11)3)17-9-5-8-15-12(2)10-16/h4,6-7,12,15-16H,5,8-10H2,1-3H3. The Hall–Kier alpha value is -1.06. The van der Waals surface area contributed by atoms with Crippen LogP contribution in [0.1, 0.15) is 24.5 Å². The number of aliphatic hydroxyl groups excluding tert-OH is 1. The predicted octanol–water partition coefficient (Wildman–Crippen LogP) is 2.04. The van der Waals surface area contributed by atoms with Crippen molar-refractivity contribution in [1.29, 1.82) is 0 Å². The minimum absolute atomic E-state index is 0.163. The fourth-order valence-electron chi connectivity index (χ4n) is 1.55. The first kappa shape index (κ1) is 14.0. The van der Waals surface area contributed by atoms with Gasteiger partial charge in [-0.15, -0.1) is 0 Å². The largest absolute Gasteiger partial charge is 0.493 e. The number of ether oxygens (including phenoxy) is 1. The van der Waals surface area contributed by atoms with Gasteiger partial charge in [-0.05, 0) is 50.9 Å². The first-order valence-corrected chi connectivity index (χ1v) is 6.18. The van der Waals surface area contributed by atoms with Crippen molar-refractivity contribution >= 4 is 0 Å². The summed E-state index contributed by atoms with van der Waals surface area (Å²) in [5.74, 6) is 0.972. The van der Waals surface area contributed by atoms with E-state index >= 15 is 0 Å². The summed E-state index contributed by atoms with van der Waals surface area (Å²) < 4.78 is 5.73. The molecule has 96 valence electrons. The second kappa shape index (κ2) is 7.30. The molecule has 0 fully saturated rings. The van der Waals surface area contributed by atoms with E-state index in [0.717, 1.165) is 18.7 Å². The van der Waals surface area contributed by atoms with Gasteiger partial charge in [0.15, 0.2) is 0 Å². The molecular weight excluding hydrogens is 214 g/mol. The van der Waals surface area contributed by atoms with Crippen molar-refractivity contribution in [2.45, 2.75) is 33.2 Å². The average Bonchev–Trinajstić information content (AvgIpc) is 2.33. The highest BCUT2D eigenvalue weighted by Gasteiger charge is 2.01. The quantitative estimate of drug-likeness (QED) is 0.713. The van der Waals surface area contributed by atoms with E-state index in [1.807, 2.05) is 19.1 Å². The molecule has 0 amide bonds. The van der Waals surface area contributed by atoms with Gasteiger partial charge in [0.2, 0.25) is 0 Å². The Labute approximate surface area is 104 Å². The van der Waals surface area contributed by atoms with E-state index in [1.165, 1.54) is 11.1 Å². The average molecular weight is 237 g/mol. The third kappa shape index (κ3) is 4.75. The van der Waals surface area contributed by atoms with Crippen LogP contribution in [0.5, 0.6) is 5.75 Å². The van der Waals surface area contributed by atoms with Crippen molar-refractivity contribution < 1.29 is 9.84 Å². The molecule has 1 rings (SSSR count). The summed E-state index contributed by atoms with van der Waals surface area (Å²) in [6.45, 7) is 7.88. The lowest BCUT2D eigenvalue weighted by Gasteiger charge is -2.12. The van der Waals surface area contributed by atoms with Gasteiger partial charge in [0.05, 0.1) is 13.2 Å². The Morgan fingerprint density at radius 2 is 2.12 bits per heavy atom. The molecule has 0 saturated heterocycles. The Bertz CT molecular complexity index is 339. The van der Waals surface area contributed by atoms with Gasteiger partial charge in [-0.3, -0.25) is 0 Å². The molecule has 0 spiro atoms. The maximum Gasteiger partial charge on any atom is 0.122 e. The van der Waals surface area contributed by atoms with Crippen LogP contribution in [0.4, 0.5) is 0 Å². The molecule has 0 aliphatic carbocycles. The van der Waals surface area contributed by atoms with E-state index in [9.17, 15) is 0 Å². The molecule has 0 heterocycles. The summed E-state index contributed by atoms with van der Waals surface area (Å²) in [5, 5.41) is 12.1. The van der Waals surface area contributed by atoms with Gasteiger partial charge in [0.25, 0.3) is 0 Å². The first-order chi connectivity index (χ1) is 8.15. The lowest BCUT2D eigenvalue weighted by Crippen LogP contribution is -2.30. The molecule has 0 aromatic heterocycles. The van der Waals surface area contributed by atoms with Crippen LogP contribution >= 0.6 is 0 Å². The zero-order valence-corrected chi connectivity index (χ0v) is 11.0. The van der Waals surface area contributed by atoms with Gasteiger partial charge >= 0.3 is 0 Å². The molecule has 3 nitrogen and oxygen atoms in total. The summed E-state index contributed by atoms with van der Waals surface area (Å²) in [5.41, 5.74) is 2.47. The van der Waals surface area contributed by atoms with Crippen LogP contribution in [0.2, 0.25) is 0 Å². The second-order valence-corrected chi connectivity index (χ2v) is 4.44. The van der Waals surface area contributed by atoms with Crippen molar-refractivity contribution in [2.75, 3.05) is 19.8 Å². The molecule has 1 atom stereocenters. The highest BCUT2D eigenvalue weighted by molar-refractivity contribution is 5.38. The number of aryl methyl sites for hydroxylation is 1. The number of rotatable bonds is 7. The van der Waals surface area contributed by atoms with Crippen molar-refractivity contribution in [3.8, 4) is 5.75 Å². The summed E-state index contributed by atoms with van der Waals surface area (Å²) in [7, 11) is 0. The minimum Gasteiger partial charge on any atom is -0.493 e. The number of hydrogen-bond acceptors (Lipinski definition) is 3. The van der Waals surface area contributed by atoms with Gasteiger partial charge < -0.3 is 15.2 Å². The van der Waals surface area contributed by atoms with Crippen LogP contribution in [0, 0.1) is 13.8 Å². The van der Waals surface area contributed by atoms with Gasteiger partial charge in [-0.2, -0.15) is 0 Å². The lowest BCUT2D eigenvalue weighted by atomic mass is 10.1. The van der Waals surface area contributed by atoms with Crippen molar-refractivity contribution in [3.63, 3.8) is 0 Å². The number of benzene rings is 1. The molecule has 1 aromatic rings. The molecule has 2 N–H and O–H groups in total. The van der Waals surface area contributed by atoms with Crippen molar-refractivity contribution in [3.05, 3.63) is 29.3 Å². The van der Waals surface area contributed by atoms with Crippen molar-refractivity contribution in [1.82, 2.24) is 5.32 Å². The SMILES string of the molecule is Cc1cccc(OCCCNC(C)CO)c1C. The molecule has 1 aromatic carbocycles. The Morgan fingerprint density at radius 3 is 2.82 bits per heavy atom. The summed E-state index contributed by atoms with van der Waals surface area (Å²) >= 11 is 0. The molecule has 3 heteroatoms. The maximum atomic E-state index is 8.84. The summed E-state index contributed by atoms with van der Waals surface area (Å²) in [4.78, 5) is 0. The number of aliphatic hydroxyl groups is 1. The van der Waals surface area contributed by atoms with E-state index in [2.05, 4.69) is 25.2 Å². The maximum absolute atomic E-state index is 8.84. The monoisotopic (exact) mass is 237 g/mol. The van der Waals surface area contributed by atoms with E-state index < -0.39 is 0 Å². The van der Waals surface area contributed by atoms with E-state index in [4.69, 9.17) is 9.84 Å². The highest BCUT2D eigenvalue weighted by atomic mass is 16.5. The number of hydrogen-bond donors (Lipinski definition) is 2. The number of nitrogens with one attached hydrogen (secondary N) is 1.